The fraction of sp³-hybridized carbons (Fsp3) is 0.522. The number of piperidine rings is 1. The van der Waals surface area contributed by atoms with Crippen LogP contribution in [0.2, 0.25) is 0 Å². The molecule has 0 bridgehead atoms. The normalized spacial score (nSPS) is 24.6. The lowest BCUT2D eigenvalue weighted by Gasteiger charge is -2.23. The number of hydrogen-bond donors (Lipinski definition) is 0. The number of nitrogens with zero attached hydrogens (tertiary/aromatic N) is 5. The van der Waals surface area contributed by atoms with Crippen molar-refractivity contribution >= 4 is 11.8 Å². The van der Waals surface area contributed by atoms with Crippen molar-refractivity contribution in [1.82, 2.24) is 24.6 Å². The molecule has 3 heterocycles. The second kappa shape index (κ2) is 8.37. The van der Waals surface area contributed by atoms with Crippen molar-refractivity contribution in [3.63, 3.8) is 0 Å². The van der Waals surface area contributed by atoms with Crippen LogP contribution < -0.4 is 0 Å². The van der Waals surface area contributed by atoms with Crippen molar-refractivity contribution in [2.24, 2.45) is 18.9 Å². The van der Waals surface area contributed by atoms with Gasteiger partial charge in [-0.15, -0.1) is 10.2 Å². The van der Waals surface area contributed by atoms with Gasteiger partial charge in [-0.2, -0.15) is 13.2 Å². The minimum absolute atomic E-state index is 0.265. The van der Waals surface area contributed by atoms with Crippen molar-refractivity contribution in [2.75, 3.05) is 25.4 Å². The molecule has 3 atom stereocenters. The Morgan fingerprint density at radius 3 is 2.74 bits per heavy atom. The summed E-state index contributed by atoms with van der Waals surface area (Å²) in [6.07, 6.45) is -2.25. The van der Waals surface area contributed by atoms with Gasteiger partial charge in [-0.05, 0) is 49.4 Å². The molecule has 2 fully saturated rings. The largest absolute Gasteiger partial charge is 0.440 e. The van der Waals surface area contributed by atoms with Crippen LogP contribution in [0.5, 0.6) is 0 Å². The first-order chi connectivity index (χ1) is 16.1. The molecular weight excluding hydrogens is 470 g/mol. The third-order valence-corrected chi connectivity index (χ3v) is 8.45. The number of likely N-dealkylation sites (tertiary alicyclic amines) is 1. The summed E-state index contributed by atoms with van der Waals surface area (Å²) in [7, 11) is 1.89. The summed E-state index contributed by atoms with van der Waals surface area (Å²) in [5, 5.41) is 9.25. The molecule has 0 amide bonds. The van der Waals surface area contributed by atoms with Gasteiger partial charge in [-0.1, -0.05) is 24.8 Å². The summed E-state index contributed by atoms with van der Waals surface area (Å²) in [4.78, 5) is 6.39. The van der Waals surface area contributed by atoms with Crippen LogP contribution in [0.25, 0.3) is 11.6 Å². The first kappa shape index (κ1) is 23.3. The Morgan fingerprint density at radius 1 is 1.26 bits per heavy atom. The van der Waals surface area contributed by atoms with Crippen LogP contribution in [0, 0.1) is 24.6 Å². The van der Waals surface area contributed by atoms with Gasteiger partial charge in [0.1, 0.15) is 5.82 Å². The van der Waals surface area contributed by atoms with E-state index < -0.39 is 17.6 Å². The average Bonchev–Trinajstić information content (AvgIpc) is 3.22. The minimum atomic E-state index is -4.54. The molecular formula is C23H25F4N5OS. The Morgan fingerprint density at radius 2 is 2.06 bits per heavy atom. The van der Waals surface area contributed by atoms with E-state index in [-0.39, 0.29) is 17.3 Å². The molecule has 1 aliphatic carbocycles. The van der Waals surface area contributed by atoms with E-state index in [1.807, 2.05) is 18.5 Å². The van der Waals surface area contributed by atoms with Crippen LogP contribution in [0.4, 0.5) is 17.6 Å². The van der Waals surface area contributed by atoms with Gasteiger partial charge >= 0.3 is 6.18 Å². The third-order valence-electron chi connectivity index (χ3n) is 7.34. The van der Waals surface area contributed by atoms with Gasteiger partial charge < -0.3 is 13.9 Å². The van der Waals surface area contributed by atoms with Crippen molar-refractivity contribution < 1.29 is 22.0 Å². The number of benzene rings is 1. The number of hydrogen-bond acceptors (Lipinski definition) is 6. The Balaban J connectivity index is 1.17. The highest BCUT2D eigenvalue weighted by Gasteiger charge is 2.67. The second-order valence-corrected chi connectivity index (χ2v) is 10.3. The van der Waals surface area contributed by atoms with E-state index in [4.69, 9.17) is 4.42 Å². The zero-order valence-electron chi connectivity index (χ0n) is 19.1. The predicted octanol–water partition coefficient (Wildman–Crippen LogP) is 4.94. The van der Waals surface area contributed by atoms with E-state index in [0.29, 0.717) is 29.8 Å². The monoisotopic (exact) mass is 495 g/mol. The molecule has 1 saturated carbocycles. The van der Waals surface area contributed by atoms with Gasteiger partial charge in [-0.3, -0.25) is 0 Å². The summed E-state index contributed by atoms with van der Waals surface area (Å²) in [6.45, 7) is 6.27. The number of oxazole rings is 1. The molecule has 182 valence electrons. The Kier molecular flexibility index (Phi) is 5.75. The molecule has 1 saturated heterocycles. The van der Waals surface area contributed by atoms with Crippen molar-refractivity contribution in [1.29, 1.82) is 0 Å². The van der Waals surface area contributed by atoms with Crippen LogP contribution in [0.15, 0.2) is 34.2 Å². The summed E-state index contributed by atoms with van der Waals surface area (Å²) < 4.78 is 60.8. The number of aromatic nitrogens is 4. The van der Waals surface area contributed by atoms with E-state index in [9.17, 15) is 17.6 Å². The molecule has 0 unspecified atom stereocenters. The summed E-state index contributed by atoms with van der Waals surface area (Å²) in [5.74, 6) is 1.86. The van der Waals surface area contributed by atoms with Crippen LogP contribution in [0.1, 0.15) is 30.2 Å². The van der Waals surface area contributed by atoms with Crippen molar-refractivity contribution in [3.05, 3.63) is 47.2 Å². The number of alkyl halides is 3. The summed E-state index contributed by atoms with van der Waals surface area (Å²) >= 11 is 1.60. The van der Waals surface area contributed by atoms with Crippen LogP contribution in [-0.2, 0) is 18.6 Å². The van der Waals surface area contributed by atoms with Gasteiger partial charge in [0.05, 0.1) is 11.3 Å². The van der Waals surface area contributed by atoms with Crippen molar-refractivity contribution in [2.45, 2.75) is 37.0 Å². The third kappa shape index (κ3) is 3.82. The first-order valence-corrected chi connectivity index (χ1v) is 12.1. The average molecular weight is 496 g/mol. The minimum Gasteiger partial charge on any atom is -0.440 e. The fourth-order valence-corrected chi connectivity index (χ4v) is 6.23. The van der Waals surface area contributed by atoms with E-state index in [2.05, 4.69) is 27.0 Å². The highest BCUT2D eigenvalue weighted by Crippen LogP contribution is 2.64. The molecule has 1 aromatic carbocycles. The van der Waals surface area contributed by atoms with Gasteiger partial charge in [0.15, 0.2) is 17.3 Å². The molecule has 6 nitrogen and oxygen atoms in total. The highest BCUT2D eigenvalue weighted by atomic mass is 32.2. The first-order valence-electron chi connectivity index (χ1n) is 11.1. The van der Waals surface area contributed by atoms with E-state index in [0.717, 1.165) is 42.2 Å². The SMILES string of the molecule is Cc1ncoc1-c1nnc(SCCCN2C[C@@H]3[C@H](C)[C@]3(c3ccc(C(F)(F)F)cc3F)C2)n1C. The Bertz CT molecular complexity index is 1210. The molecule has 5 rings (SSSR count). The molecule has 11 heteroatoms. The molecule has 2 aliphatic rings. The molecule has 3 aromatic rings. The van der Waals surface area contributed by atoms with Crippen LogP contribution in [-0.4, -0.2) is 50.0 Å². The van der Waals surface area contributed by atoms with E-state index in [1.165, 1.54) is 12.5 Å². The van der Waals surface area contributed by atoms with Crippen LogP contribution in [0.3, 0.4) is 0 Å². The van der Waals surface area contributed by atoms with Gasteiger partial charge in [-0.25, -0.2) is 9.37 Å². The maximum Gasteiger partial charge on any atom is 0.416 e. The second-order valence-electron chi connectivity index (χ2n) is 9.20. The lowest BCUT2D eigenvalue weighted by atomic mass is 9.91. The molecule has 34 heavy (non-hydrogen) atoms. The van der Waals surface area contributed by atoms with Gasteiger partial charge in [0.2, 0.25) is 5.82 Å². The lowest BCUT2D eigenvalue weighted by molar-refractivity contribution is -0.137. The Hall–Kier alpha value is -2.40. The number of rotatable bonds is 7. The maximum absolute atomic E-state index is 14.7. The highest BCUT2D eigenvalue weighted by molar-refractivity contribution is 7.99. The fourth-order valence-electron chi connectivity index (χ4n) is 5.40. The topological polar surface area (TPSA) is 60.0 Å². The lowest BCUT2D eigenvalue weighted by Crippen LogP contribution is -2.30. The van der Waals surface area contributed by atoms with Crippen LogP contribution >= 0.6 is 11.8 Å². The molecule has 0 radical (unpaired) electrons. The molecule has 0 spiro atoms. The maximum atomic E-state index is 14.7. The number of thioether (sulfide) groups is 1. The predicted molar refractivity (Wildman–Crippen MR) is 119 cm³/mol. The summed E-state index contributed by atoms with van der Waals surface area (Å²) in [5.41, 5.74) is -0.141. The molecule has 0 N–H and O–H groups in total. The van der Waals surface area contributed by atoms with Crippen molar-refractivity contribution in [3.8, 4) is 11.6 Å². The standard InChI is InChI=1S/C23H25F4N5OS/c1-13-17-10-32(11-22(13,17)16-6-5-15(9-18(16)24)23(25,26)27)7-4-8-34-21-30-29-20(31(21)3)19-14(2)28-12-33-19/h5-6,9,12-13,17H,4,7-8,10-11H2,1-3H3/t13-,17+,22-/m0/s1. The zero-order valence-corrected chi connectivity index (χ0v) is 19.9. The number of aryl methyl sites for hydroxylation is 1. The Labute approximate surface area is 198 Å². The van der Waals surface area contributed by atoms with Gasteiger partial charge in [0, 0.05) is 31.3 Å². The molecule has 1 aliphatic heterocycles. The zero-order chi connectivity index (χ0) is 24.3. The smallest absolute Gasteiger partial charge is 0.416 e. The quantitative estimate of drug-likeness (QED) is 0.263. The number of fused-ring (bicyclic) bond motifs is 1. The molecule has 2 aromatic heterocycles. The summed E-state index contributed by atoms with van der Waals surface area (Å²) in [6, 6.07) is 2.99. The van der Waals surface area contributed by atoms with E-state index in [1.54, 1.807) is 11.8 Å². The van der Waals surface area contributed by atoms with Gasteiger partial charge in [0.25, 0.3) is 0 Å². The van der Waals surface area contributed by atoms with E-state index >= 15 is 0 Å². The number of halogens is 4.